The molecule has 7 aromatic carbocycles. The van der Waals surface area contributed by atoms with Gasteiger partial charge in [-0.2, -0.15) is 0 Å². The maximum Gasteiger partial charge on any atom is 0.0506 e. The van der Waals surface area contributed by atoms with E-state index in [0.29, 0.717) is 0 Å². The van der Waals surface area contributed by atoms with Gasteiger partial charge in [-0.1, -0.05) is 146 Å². The molecule has 0 aliphatic carbocycles. The van der Waals surface area contributed by atoms with Gasteiger partial charge in [0, 0.05) is 11.1 Å². The third-order valence-electron chi connectivity index (χ3n) is 9.35. The molecule has 1 aliphatic rings. The quantitative estimate of drug-likeness (QED) is 0.197. The third kappa shape index (κ3) is 4.65. The van der Waals surface area contributed by atoms with Gasteiger partial charge in [0.15, 0.2) is 0 Å². The number of benzene rings is 7. The minimum atomic E-state index is -0.387. The zero-order valence-electron chi connectivity index (χ0n) is 25.3. The van der Waals surface area contributed by atoms with E-state index in [4.69, 9.17) is 0 Å². The normalized spacial score (nSPS) is 13.1. The number of rotatable bonds is 5. The van der Waals surface area contributed by atoms with Crippen molar-refractivity contribution in [2.45, 2.75) is 12.3 Å². The summed E-state index contributed by atoms with van der Waals surface area (Å²) in [5.74, 6) is 0. The van der Waals surface area contributed by atoms with E-state index in [1.165, 1.54) is 61.4 Å². The Morgan fingerprint density at radius 1 is 0.356 bits per heavy atom. The fourth-order valence-electron chi connectivity index (χ4n) is 6.95. The molecule has 0 aromatic heterocycles. The molecule has 0 spiro atoms. The Balaban J connectivity index is 1.39. The number of fused-ring (bicyclic) bond motifs is 2. The molecule has 0 saturated heterocycles. The molecule has 1 nitrogen and oxygen atoms in total. The fourth-order valence-corrected chi connectivity index (χ4v) is 6.95. The largest absolute Gasteiger partial charge is 0.310 e. The van der Waals surface area contributed by atoms with Crippen molar-refractivity contribution in [3.63, 3.8) is 0 Å². The molecule has 0 N–H and O–H groups in total. The van der Waals surface area contributed by atoms with Crippen LogP contribution < -0.4 is 4.90 Å². The second-order valence-corrected chi connectivity index (χ2v) is 11.9. The first-order valence-electron chi connectivity index (χ1n) is 15.6. The highest BCUT2D eigenvalue weighted by molar-refractivity contribution is 5.90. The van der Waals surface area contributed by atoms with Gasteiger partial charge in [0.1, 0.15) is 0 Å². The van der Waals surface area contributed by atoms with Gasteiger partial charge in [0.25, 0.3) is 0 Å². The Morgan fingerprint density at radius 2 is 0.711 bits per heavy atom. The average Bonchev–Trinajstić information content (AvgIpc) is 3.13. The van der Waals surface area contributed by atoms with E-state index in [1.54, 1.807) is 0 Å². The molecule has 8 rings (SSSR count). The first kappa shape index (κ1) is 26.9. The molecular formula is C44H33N. The van der Waals surface area contributed by atoms with Gasteiger partial charge in [-0.05, 0) is 93.4 Å². The summed E-state index contributed by atoms with van der Waals surface area (Å²) in [5.41, 5.74) is 14.3. The fraction of sp³-hybridized carbons (Fsp3) is 0.0455. The van der Waals surface area contributed by atoms with Gasteiger partial charge in [-0.25, -0.2) is 0 Å². The van der Waals surface area contributed by atoms with Crippen molar-refractivity contribution in [1.29, 1.82) is 0 Å². The molecule has 0 amide bonds. The molecule has 0 radical (unpaired) electrons. The molecule has 214 valence electrons. The molecule has 0 bridgehead atoms. The Kier molecular flexibility index (Phi) is 6.65. The average molecular weight is 576 g/mol. The van der Waals surface area contributed by atoms with Crippen LogP contribution in [-0.4, -0.2) is 0 Å². The van der Waals surface area contributed by atoms with Crippen LogP contribution in [0.5, 0.6) is 0 Å². The molecule has 0 saturated carbocycles. The third-order valence-corrected chi connectivity index (χ3v) is 9.35. The van der Waals surface area contributed by atoms with E-state index in [2.05, 4.69) is 194 Å². The number of nitrogens with zero attached hydrogens (tertiary/aromatic N) is 1. The summed E-state index contributed by atoms with van der Waals surface area (Å²) in [6.07, 6.45) is 0. The van der Waals surface area contributed by atoms with E-state index in [-0.39, 0.29) is 5.41 Å². The van der Waals surface area contributed by atoms with Gasteiger partial charge < -0.3 is 4.90 Å². The van der Waals surface area contributed by atoms with Crippen LogP contribution in [0.25, 0.3) is 33.4 Å². The second-order valence-electron chi connectivity index (χ2n) is 11.9. The van der Waals surface area contributed by atoms with E-state index in [9.17, 15) is 0 Å². The summed E-state index contributed by atoms with van der Waals surface area (Å²) in [6.45, 7) is 2.40. The van der Waals surface area contributed by atoms with E-state index >= 15 is 0 Å². The molecule has 0 unspecified atom stereocenters. The molecule has 1 heteroatoms. The van der Waals surface area contributed by atoms with E-state index < -0.39 is 0 Å². The minimum Gasteiger partial charge on any atom is -0.310 e. The number of anilines is 3. The van der Waals surface area contributed by atoms with Crippen molar-refractivity contribution in [2.24, 2.45) is 0 Å². The monoisotopic (exact) mass is 575 g/mol. The highest BCUT2D eigenvalue weighted by Crippen LogP contribution is 2.56. The molecule has 1 heterocycles. The van der Waals surface area contributed by atoms with Gasteiger partial charge >= 0.3 is 0 Å². The number of hydrogen-bond donors (Lipinski definition) is 0. The van der Waals surface area contributed by atoms with Gasteiger partial charge in [0.05, 0.1) is 11.4 Å². The van der Waals surface area contributed by atoms with Crippen LogP contribution >= 0.6 is 0 Å². The molecule has 45 heavy (non-hydrogen) atoms. The first-order chi connectivity index (χ1) is 22.2. The summed E-state index contributed by atoms with van der Waals surface area (Å²) in [7, 11) is 0. The smallest absolute Gasteiger partial charge is 0.0506 e. The van der Waals surface area contributed by atoms with Crippen LogP contribution in [0.3, 0.4) is 0 Å². The molecule has 0 atom stereocenters. The lowest BCUT2D eigenvalue weighted by Crippen LogP contribution is -2.34. The van der Waals surface area contributed by atoms with Crippen LogP contribution in [0.1, 0.15) is 23.6 Å². The maximum atomic E-state index is 2.45. The molecular weight excluding hydrogens is 542 g/mol. The Labute approximate surface area is 265 Å². The van der Waals surface area contributed by atoms with E-state index in [0.717, 1.165) is 5.69 Å². The van der Waals surface area contributed by atoms with Crippen molar-refractivity contribution in [3.8, 4) is 33.4 Å². The predicted molar refractivity (Wildman–Crippen MR) is 189 cm³/mol. The van der Waals surface area contributed by atoms with Crippen LogP contribution in [0, 0.1) is 0 Å². The maximum absolute atomic E-state index is 2.45. The molecule has 0 fully saturated rings. The standard InChI is InChI=1S/C44H33N/c1-44(38-20-12-5-13-21-38)40-30-36(33-16-8-3-9-17-33)24-28-42(40)45(39-26-22-35(23-27-39)32-14-6-2-7-15-32)43-29-25-37(31-41(43)44)34-18-10-4-11-19-34/h2-31H,1H3. The topological polar surface area (TPSA) is 3.24 Å². The summed E-state index contributed by atoms with van der Waals surface area (Å²) >= 11 is 0. The van der Waals surface area contributed by atoms with Crippen LogP contribution in [0.15, 0.2) is 182 Å². The molecule has 1 aliphatic heterocycles. The Bertz CT molecular complexity index is 1990. The minimum absolute atomic E-state index is 0.387. The lowest BCUT2D eigenvalue weighted by molar-refractivity contribution is 0.682. The first-order valence-corrected chi connectivity index (χ1v) is 15.6. The van der Waals surface area contributed by atoms with Crippen molar-refractivity contribution in [2.75, 3.05) is 4.90 Å². The van der Waals surface area contributed by atoms with E-state index in [1.807, 2.05) is 0 Å². The predicted octanol–water partition coefficient (Wildman–Crippen LogP) is 11.8. The lowest BCUT2D eigenvalue weighted by Gasteiger charge is -2.44. The summed E-state index contributed by atoms with van der Waals surface area (Å²) < 4.78 is 0. The lowest BCUT2D eigenvalue weighted by atomic mass is 9.66. The SMILES string of the molecule is CC1(c2ccccc2)c2cc(-c3ccccc3)ccc2N(c2ccc(-c3ccccc3)cc2)c2ccc(-c3ccccc3)cc21. The van der Waals surface area contributed by atoms with Gasteiger partial charge in [-0.3, -0.25) is 0 Å². The highest BCUT2D eigenvalue weighted by atomic mass is 15.2. The summed E-state index contributed by atoms with van der Waals surface area (Å²) in [6, 6.07) is 66.1. The Morgan fingerprint density at radius 3 is 1.16 bits per heavy atom. The van der Waals surface area contributed by atoms with Crippen LogP contribution in [0.4, 0.5) is 17.1 Å². The van der Waals surface area contributed by atoms with Crippen molar-refractivity contribution >= 4 is 17.1 Å². The van der Waals surface area contributed by atoms with Gasteiger partial charge in [-0.15, -0.1) is 0 Å². The van der Waals surface area contributed by atoms with Crippen molar-refractivity contribution < 1.29 is 0 Å². The number of hydrogen-bond acceptors (Lipinski definition) is 1. The molecule has 7 aromatic rings. The zero-order valence-corrected chi connectivity index (χ0v) is 25.3. The van der Waals surface area contributed by atoms with Gasteiger partial charge in [0.2, 0.25) is 0 Å². The van der Waals surface area contributed by atoms with Crippen LogP contribution in [-0.2, 0) is 5.41 Å². The Hall–Kier alpha value is -5.66. The summed E-state index contributed by atoms with van der Waals surface area (Å²) in [4.78, 5) is 2.45. The highest BCUT2D eigenvalue weighted by Gasteiger charge is 2.42. The zero-order chi connectivity index (χ0) is 30.2. The van der Waals surface area contributed by atoms with Crippen molar-refractivity contribution in [3.05, 3.63) is 199 Å². The van der Waals surface area contributed by atoms with Crippen LogP contribution in [0.2, 0.25) is 0 Å². The second kappa shape index (κ2) is 11.1. The summed E-state index contributed by atoms with van der Waals surface area (Å²) in [5, 5.41) is 0. The van der Waals surface area contributed by atoms with Crippen molar-refractivity contribution in [1.82, 2.24) is 0 Å².